The van der Waals surface area contributed by atoms with Crippen molar-refractivity contribution in [1.29, 1.82) is 0 Å². The molecule has 0 fully saturated rings. The fourth-order valence-electron chi connectivity index (χ4n) is 12.5. The maximum atomic E-state index is 12.5. The Kier molecular flexibility index (Phi) is 73.3. The van der Waals surface area contributed by atoms with Crippen LogP contribution in [0.4, 0.5) is 0 Å². The molecule has 3 N–H and O–H groups in total. The molecule has 0 aromatic rings. The molecule has 0 saturated heterocycles. The minimum atomic E-state index is -0.841. The van der Waals surface area contributed by atoms with Crippen molar-refractivity contribution < 1.29 is 24.5 Å². The van der Waals surface area contributed by atoms with E-state index in [1.54, 1.807) is 6.08 Å². The Hall–Kier alpha value is -1.66. The molecule has 0 saturated carbocycles. The molecule has 6 nitrogen and oxygen atoms in total. The number of rotatable bonds is 74. The number of aliphatic hydroxyl groups is 2. The van der Waals surface area contributed by atoms with Crippen molar-refractivity contribution in [2.75, 3.05) is 13.2 Å². The van der Waals surface area contributed by atoms with E-state index in [0.29, 0.717) is 19.4 Å². The third kappa shape index (κ3) is 71.3. The Bertz CT molecular complexity index is 1330. The predicted molar refractivity (Wildman–Crippen MR) is 375 cm³/mol. The quantitative estimate of drug-likeness (QED) is 0.0320. The van der Waals surface area contributed by atoms with E-state index < -0.39 is 12.1 Å². The molecule has 0 aliphatic carbocycles. The standard InChI is InChI=1S/C79H153NO5/c1-3-5-7-9-11-13-15-17-19-20-40-44-47-51-55-59-63-67-71-77(82)76(75-81)80-78(83)72-68-64-60-56-52-48-45-41-38-36-34-32-30-28-26-24-22-21-23-25-27-29-31-33-35-37-39-42-46-50-54-58-62-66-70-74-85-79(84)73-69-65-61-57-53-49-43-18-16-14-12-10-8-6-4-2/h18,43,67,71,76-77,81-82H,3-17,19-42,44-66,68-70,72-75H2,1-2H3,(H,80,83)/b43-18-,71-67+. The van der Waals surface area contributed by atoms with Crippen LogP contribution < -0.4 is 5.32 Å². The second-order valence-corrected chi connectivity index (χ2v) is 27.0. The molecular weight excluding hydrogens is 1040 g/mol. The van der Waals surface area contributed by atoms with Crippen molar-refractivity contribution in [3.05, 3.63) is 24.3 Å². The number of nitrogens with one attached hydrogen (secondary N) is 1. The zero-order chi connectivity index (χ0) is 61.3. The first-order chi connectivity index (χ1) is 42.0. The third-order valence-corrected chi connectivity index (χ3v) is 18.5. The van der Waals surface area contributed by atoms with Gasteiger partial charge in [0.15, 0.2) is 0 Å². The highest BCUT2D eigenvalue weighted by Crippen LogP contribution is 2.20. The van der Waals surface area contributed by atoms with E-state index in [0.717, 1.165) is 44.9 Å². The van der Waals surface area contributed by atoms with Gasteiger partial charge in [0.25, 0.3) is 0 Å². The molecule has 0 bridgehead atoms. The molecule has 2 atom stereocenters. The molecule has 85 heavy (non-hydrogen) atoms. The summed E-state index contributed by atoms with van der Waals surface area (Å²) in [5, 5.41) is 23.2. The Labute approximate surface area is 532 Å². The lowest BCUT2D eigenvalue weighted by molar-refractivity contribution is -0.143. The molecule has 2 unspecified atom stereocenters. The summed E-state index contributed by atoms with van der Waals surface area (Å²) in [5.74, 6) is -0.0434. The Morgan fingerprint density at radius 1 is 0.318 bits per heavy atom. The lowest BCUT2D eigenvalue weighted by Crippen LogP contribution is -2.45. The molecule has 0 aromatic heterocycles. The van der Waals surface area contributed by atoms with E-state index >= 15 is 0 Å². The second-order valence-electron chi connectivity index (χ2n) is 27.0. The van der Waals surface area contributed by atoms with Gasteiger partial charge in [-0.15, -0.1) is 0 Å². The Balaban J connectivity index is 3.32. The van der Waals surface area contributed by atoms with Crippen LogP contribution in [0.5, 0.6) is 0 Å². The summed E-state index contributed by atoms with van der Waals surface area (Å²) >= 11 is 0. The molecule has 6 heteroatoms. The number of ether oxygens (including phenoxy) is 1. The van der Waals surface area contributed by atoms with Crippen molar-refractivity contribution in [1.82, 2.24) is 5.32 Å². The highest BCUT2D eigenvalue weighted by atomic mass is 16.5. The molecule has 0 spiro atoms. The SMILES string of the molecule is CCCCCCCC/C=C\CCCCCCCC(=O)OCCCCCCCCCCCCCCCCCCCCCCCCCCCCCCCCCCCCCC(=O)NC(CO)C(O)/C=C/CCCCCCCCCCCCCCCCCC. The lowest BCUT2D eigenvalue weighted by atomic mass is 10.0. The van der Waals surface area contributed by atoms with Gasteiger partial charge in [0.05, 0.1) is 25.4 Å². The predicted octanol–water partition coefficient (Wildman–Crippen LogP) is 25.7. The minimum Gasteiger partial charge on any atom is -0.466 e. The topological polar surface area (TPSA) is 95.9 Å². The third-order valence-electron chi connectivity index (χ3n) is 18.5. The van der Waals surface area contributed by atoms with Crippen molar-refractivity contribution in [2.45, 2.75) is 456 Å². The number of allylic oxidation sites excluding steroid dienone is 3. The summed E-state index contributed by atoms with van der Waals surface area (Å²) in [6.45, 7) is 4.94. The normalized spacial score (nSPS) is 12.6. The summed E-state index contributed by atoms with van der Waals surface area (Å²) in [5.41, 5.74) is 0. The number of hydrogen-bond acceptors (Lipinski definition) is 5. The zero-order valence-electron chi connectivity index (χ0n) is 57.9. The van der Waals surface area contributed by atoms with E-state index in [2.05, 4.69) is 31.3 Å². The highest BCUT2D eigenvalue weighted by Gasteiger charge is 2.18. The monoisotopic (exact) mass is 1200 g/mol. The molecule has 0 aromatic carbocycles. The van der Waals surface area contributed by atoms with Gasteiger partial charge < -0.3 is 20.3 Å². The number of carbonyl (C=O) groups excluding carboxylic acids is 2. The van der Waals surface area contributed by atoms with Gasteiger partial charge in [0.2, 0.25) is 5.91 Å². The van der Waals surface area contributed by atoms with Gasteiger partial charge in [0, 0.05) is 12.8 Å². The Morgan fingerprint density at radius 2 is 0.553 bits per heavy atom. The van der Waals surface area contributed by atoms with Gasteiger partial charge in [0.1, 0.15) is 0 Å². The summed E-state index contributed by atoms with van der Waals surface area (Å²) in [6, 6.07) is -0.624. The average molecular weight is 1200 g/mol. The molecule has 0 heterocycles. The van der Waals surface area contributed by atoms with Crippen molar-refractivity contribution in [3.63, 3.8) is 0 Å². The van der Waals surface area contributed by atoms with E-state index in [1.165, 1.54) is 372 Å². The van der Waals surface area contributed by atoms with Crippen molar-refractivity contribution in [2.24, 2.45) is 0 Å². The van der Waals surface area contributed by atoms with Crippen molar-refractivity contribution in [3.8, 4) is 0 Å². The van der Waals surface area contributed by atoms with Crippen LogP contribution in [-0.2, 0) is 14.3 Å². The number of aliphatic hydroxyl groups excluding tert-OH is 2. The second kappa shape index (κ2) is 74.8. The van der Waals surface area contributed by atoms with Gasteiger partial charge in [-0.2, -0.15) is 0 Å². The average Bonchev–Trinajstić information content (AvgIpc) is 3.51. The Morgan fingerprint density at radius 3 is 0.835 bits per heavy atom. The summed E-state index contributed by atoms with van der Waals surface area (Å²) in [7, 11) is 0. The molecule has 0 aliphatic rings. The molecule has 0 rings (SSSR count). The van der Waals surface area contributed by atoms with E-state index in [4.69, 9.17) is 4.74 Å². The first kappa shape index (κ1) is 83.3. The highest BCUT2D eigenvalue weighted by molar-refractivity contribution is 5.76. The first-order valence-electron chi connectivity index (χ1n) is 39.1. The van der Waals surface area contributed by atoms with E-state index in [1.807, 2.05) is 6.08 Å². The molecule has 0 aliphatic heterocycles. The summed E-state index contributed by atoms with van der Waals surface area (Å²) in [6.07, 6.45) is 95.9. The van der Waals surface area contributed by atoms with Gasteiger partial charge in [-0.25, -0.2) is 0 Å². The molecule has 1 amide bonds. The number of unbranched alkanes of at least 4 members (excludes halogenated alkanes) is 61. The zero-order valence-corrected chi connectivity index (χ0v) is 57.9. The molecule has 504 valence electrons. The van der Waals surface area contributed by atoms with Gasteiger partial charge >= 0.3 is 5.97 Å². The van der Waals surface area contributed by atoms with Crippen LogP contribution in [0.25, 0.3) is 0 Å². The molecular formula is C79H153NO5. The van der Waals surface area contributed by atoms with Crippen LogP contribution in [-0.4, -0.2) is 47.4 Å². The van der Waals surface area contributed by atoms with Crippen LogP contribution in [0.3, 0.4) is 0 Å². The number of hydrogen-bond donors (Lipinski definition) is 3. The van der Waals surface area contributed by atoms with Crippen LogP contribution in [0.2, 0.25) is 0 Å². The fourth-order valence-corrected chi connectivity index (χ4v) is 12.5. The van der Waals surface area contributed by atoms with Crippen LogP contribution in [0.15, 0.2) is 24.3 Å². The van der Waals surface area contributed by atoms with Crippen LogP contribution in [0.1, 0.15) is 444 Å². The maximum Gasteiger partial charge on any atom is 0.305 e. The van der Waals surface area contributed by atoms with Gasteiger partial charge in [-0.3, -0.25) is 9.59 Å². The largest absolute Gasteiger partial charge is 0.466 e. The number of carbonyl (C=O) groups is 2. The van der Waals surface area contributed by atoms with E-state index in [-0.39, 0.29) is 18.5 Å². The molecule has 0 radical (unpaired) electrons. The van der Waals surface area contributed by atoms with Gasteiger partial charge in [-0.05, 0) is 57.8 Å². The van der Waals surface area contributed by atoms with E-state index in [9.17, 15) is 19.8 Å². The van der Waals surface area contributed by atoms with Gasteiger partial charge in [-0.1, -0.05) is 398 Å². The van der Waals surface area contributed by atoms with Crippen LogP contribution >= 0.6 is 0 Å². The lowest BCUT2D eigenvalue weighted by Gasteiger charge is -2.20. The van der Waals surface area contributed by atoms with Crippen LogP contribution in [0, 0.1) is 0 Å². The number of amides is 1. The first-order valence-corrected chi connectivity index (χ1v) is 39.1. The van der Waals surface area contributed by atoms with Crippen molar-refractivity contribution >= 4 is 11.9 Å². The number of esters is 1. The minimum absolute atomic E-state index is 0.0153. The summed E-state index contributed by atoms with van der Waals surface area (Å²) < 4.78 is 5.50. The smallest absolute Gasteiger partial charge is 0.305 e. The summed E-state index contributed by atoms with van der Waals surface area (Å²) in [4.78, 5) is 24.6. The fraction of sp³-hybridized carbons (Fsp3) is 0.924. The maximum absolute atomic E-state index is 12.5.